The molecule has 3 heterocycles. The molecule has 2 aliphatic heterocycles. The van der Waals surface area contributed by atoms with Crippen LogP contribution in [0.1, 0.15) is 30.4 Å². The third-order valence-corrected chi connectivity index (χ3v) is 8.41. The molecule has 0 amide bonds. The normalized spacial score (nSPS) is 23.3. The zero-order chi connectivity index (χ0) is 21.3. The van der Waals surface area contributed by atoms with Crippen LogP contribution in [0.25, 0.3) is 0 Å². The molecule has 2 atom stereocenters. The van der Waals surface area contributed by atoms with Gasteiger partial charge in [-0.15, -0.1) is 0 Å². The molecule has 0 saturated carbocycles. The van der Waals surface area contributed by atoms with Gasteiger partial charge in [0.05, 0.1) is 12.2 Å². The molecule has 5 rings (SSSR count). The summed E-state index contributed by atoms with van der Waals surface area (Å²) < 4.78 is 29.1. The van der Waals surface area contributed by atoms with E-state index in [4.69, 9.17) is 0 Å². The van der Waals surface area contributed by atoms with Gasteiger partial charge in [-0.2, -0.15) is 4.31 Å². The van der Waals surface area contributed by atoms with Crippen molar-refractivity contribution >= 4 is 16.1 Å². The molecule has 3 aromatic rings. The van der Waals surface area contributed by atoms with E-state index >= 15 is 0 Å². The van der Waals surface area contributed by atoms with Crippen LogP contribution in [-0.2, 0) is 27.6 Å². The molecule has 2 unspecified atom stereocenters. The fraction of sp³-hybridized carbons (Fsp3) is 0.320. The maximum Gasteiger partial charge on any atom is 0.183 e. The largest absolute Gasteiger partial charge is 0.588 e. The predicted molar refractivity (Wildman–Crippen MR) is 122 cm³/mol. The van der Waals surface area contributed by atoms with E-state index in [2.05, 4.69) is 22.0 Å². The molecular weight excluding hydrogens is 406 g/mol. The minimum atomic E-state index is -3.65. The Balaban J connectivity index is 1.57. The third kappa shape index (κ3) is 3.80. The highest BCUT2D eigenvalue weighted by atomic mass is 32.3. The summed E-state index contributed by atoms with van der Waals surface area (Å²) in [5.74, 6) is 0. The Hall–Kier alpha value is -2.54. The number of fused-ring (bicyclic) bond motifs is 1. The number of hydrogen-bond donors (Lipinski definition) is 0. The van der Waals surface area contributed by atoms with E-state index in [1.54, 1.807) is 34.8 Å². The lowest BCUT2D eigenvalue weighted by atomic mass is 9.78. The van der Waals surface area contributed by atoms with E-state index < -0.39 is 10.4 Å². The molecule has 160 valence electrons. The number of pyridine rings is 1. The van der Waals surface area contributed by atoms with Crippen LogP contribution in [-0.4, -0.2) is 33.1 Å². The van der Waals surface area contributed by atoms with Crippen LogP contribution in [0.5, 0.6) is 0 Å². The number of aromatic nitrogens is 1. The maximum atomic E-state index is 13.7. The molecule has 0 radical (unpaired) electrons. The first-order valence-electron chi connectivity index (χ1n) is 10.9. The van der Waals surface area contributed by atoms with Crippen LogP contribution in [0.2, 0.25) is 0 Å². The number of hydrogen-bond acceptors (Lipinski definition) is 4. The van der Waals surface area contributed by atoms with E-state index in [0.29, 0.717) is 11.4 Å². The zero-order valence-corrected chi connectivity index (χ0v) is 18.3. The van der Waals surface area contributed by atoms with Gasteiger partial charge in [0.2, 0.25) is 0 Å². The summed E-state index contributed by atoms with van der Waals surface area (Å²) in [5, 5.41) is 0. The number of rotatable bonds is 4. The third-order valence-electron chi connectivity index (χ3n) is 6.64. The van der Waals surface area contributed by atoms with E-state index in [9.17, 15) is 8.76 Å². The summed E-state index contributed by atoms with van der Waals surface area (Å²) in [5.41, 5.74) is 2.86. The Bertz CT molecular complexity index is 1090. The summed E-state index contributed by atoms with van der Waals surface area (Å²) in [6.07, 6.45) is 7.81. The lowest BCUT2D eigenvalue weighted by Gasteiger charge is -2.52. The Morgan fingerprint density at radius 1 is 1.00 bits per heavy atom. The van der Waals surface area contributed by atoms with Crippen LogP contribution < -0.4 is 4.31 Å². The Labute approximate surface area is 185 Å². The van der Waals surface area contributed by atoms with E-state index in [1.807, 2.05) is 36.5 Å². The molecule has 2 aliphatic rings. The number of likely N-dealkylation sites (tertiary alicyclic amines) is 1. The average molecular weight is 434 g/mol. The van der Waals surface area contributed by atoms with Crippen molar-refractivity contribution in [1.82, 2.24) is 9.88 Å². The van der Waals surface area contributed by atoms with Gasteiger partial charge in [-0.1, -0.05) is 53.1 Å². The van der Waals surface area contributed by atoms with Gasteiger partial charge in [-0.25, -0.2) is 0 Å². The van der Waals surface area contributed by atoms with E-state index in [0.717, 1.165) is 50.0 Å². The molecule has 31 heavy (non-hydrogen) atoms. The number of sulfonamides is 1. The molecule has 0 N–H and O–H groups in total. The number of anilines is 1. The van der Waals surface area contributed by atoms with Crippen LogP contribution in [0.15, 0.2) is 84.0 Å². The number of nitrogens with zero attached hydrogens (tertiary/aromatic N) is 3. The molecule has 1 spiro atoms. The van der Waals surface area contributed by atoms with Crippen LogP contribution in [0.3, 0.4) is 0 Å². The fourth-order valence-electron chi connectivity index (χ4n) is 5.09. The zero-order valence-electron chi connectivity index (χ0n) is 17.5. The molecule has 1 saturated heterocycles. The van der Waals surface area contributed by atoms with Crippen molar-refractivity contribution in [2.45, 2.75) is 42.7 Å². The fourth-order valence-corrected chi connectivity index (χ4v) is 6.69. The van der Waals surface area contributed by atoms with Crippen molar-refractivity contribution in [1.29, 1.82) is 0 Å². The lowest BCUT2D eigenvalue weighted by molar-refractivity contribution is 0.0429. The van der Waals surface area contributed by atoms with E-state index in [1.165, 1.54) is 5.56 Å². The minimum absolute atomic E-state index is 0.218. The summed E-state index contributed by atoms with van der Waals surface area (Å²) in [4.78, 5) is 7.12. The summed E-state index contributed by atoms with van der Waals surface area (Å²) in [7, 11) is -3.65. The Kier molecular flexibility index (Phi) is 5.38. The second-order valence-electron chi connectivity index (χ2n) is 8.59. The smallest absolute Gasteiger partial charge is 0.183 e. The van der Waals surface area contributed by atoms with Gasteiger partial charge in [0.15, 0.2) is 15.3 Å². The van der Waals surface area contributed by atoms with Crippen LogP contribution in [0, 0.1) is 0 Å². The molecule has 0 bridgehead atoms. The molecule has 1 aromatic heterocycles. The van der Waals surface area contributed by atoms with Crippen LogP contribution in [0.4, 0.5) is 5.69 Å². The molecule has 1 fully saturated rings. The maximum absolute atomic E-state index is 13.7. The van der Waals surface area contributed by atoms with Gasteiger partial charge in [-0.05, 0) is 61.2 Å². The minimum Gasteiger partial charge on any atom is -0.588 e. The SMILES string of the molecule is O=[S+]([O-])(c1ccccc1)N1CC2(CCCCN2Cc2cccnc2)Cc2ccccc21. The summed E-state index contributed by atoms with van der Waals surface area (Å²) >= 11 is 0. The van der Waals surface area contributed by atoms with Gasteiger partial charge in [-0.3, -0.25) is 9.88 Å². The van der Waals surface area contributed by atoms with Crippen molar-refractivity contribution < 1.29 is 8.76 Å². The predicted octanol–water partition coefficient (Wildman–Crippen LogP) is 4.47. The second kappa shape index (κ2) is 8.19. The second-order valence-corrected chi connectivity index (χ2v) is 10.5. The highest BCUT2D eigenvalue weighted by Gasteiger charge is 2.48. The van der Waals surface area contributed by atoms with Gasteiger partial charge in [0, 0.05) is 24.5 Å². The summed E-state index contributed by atoms with van der Waals surface area (Å²) in [6, 6.07) is 20.8. The van der Waals surface area contributed by atoms with Crippen molar-refractivity contribution in [2.24, 2.45) is 0 Å². The summed E-state index contributed by atoms with van der Waals surface area (Å²) in [6.45, 7) is 2.23. The molecule has 5 nitrogen and oxygen atoms in total. The van der Waals surface area contributed by atoms with Gasteiger partial charge < -0.3 is 4.55 Å². The first-order valence-corrected chi connectivity index (χ1v) is 12.3. The molecular formula is C25H27N3O2S. The van der Waals surface area contributed by atoms with Crippen LogP contribution >= 0.6 is 0 Å². The first-order chi connectivity index (χ1) is 15.1. The number of benzene rings is 2. The van der Waals surface area contributed by atoms with Gasteiger partial charge in [0.25, 0.3) is 0 Å². The van der Waals surface area contributed by atoms with Crippen molar-refractivity contribution in [3.05, 3.63) is 90.3 Å². The molecule has 0 aliphatic carbocycles. The molecule has 2 aromatic carbocycles. The first kappa shape index (κ1) is 20.4. The van der Waals surface area contributed by atoms with Crippen molar-refractivity contribution in [2.75, 3.05) is 17.4 Å². The van der Waals surface area contributed by atoms with Crippen molar-refractivity contribution in [3.63, 3.8) is 0 Å². The number of para-hydroxylation sites is 1. The lowest BCUT2D eigenvalue weighted by Crippen LogP contribution is -2.62. The standard InChI is InChI=1S/C25H27N3O2S/c29-31(30,23-11-2-1-3-12-23)28-20-25(17-22-10-4-5-13-24(22)28)14-6-7-16-27(25)19-21-9-8-15-26-18-21/h1-5,8-13,15,18H,6-7,14,16-17,19-20H2. The highest BCUT2D eigenvalue weighted by Crippen LogP contribution is 2.43. The average Bonchev–Trinajstić information content (AvgIpc) is 2.81. The van der Waals surface area contributed by atoms with Gasteiger partial charge in [0.1, 0.15) is 0 Å². The Morgan fingerprint density at radius 3 is 2.61 bits per heavy atom. The highest BCUT2D eigenvalue weighted by molar-refractivity contribution is 7.99. The van der Waals surface area contributed by atoms with E-state index in [-0.39, 0.29) is 5.54 Å². The topological polar surface area (TPSA) is 59.5 Å². The van der Waals surface area contributed by atoms with Crippen molar-refractivity contribution in [3.8, 4) is 0 Å². The molecule has 6 heteroatoms. The monoisotopic (exact) mass is 433 g/mol. The number of piperidine rings is 1. The quantitative estimate of drug-likeness (QED) is 0.570. The van der Waals surface area contributed by atoms with Gasteiger partial charge >= 0.3 is 0 Å². The Morgan fingerprint density at radius 2 is 1.81 bits per heavy atom.